The largest absolute Gasteiger partial charge is 0.385 e. The fourth-order valence-corrected chi connectivity index (χ4v) is 0.628. The van der Waals surface area contributed by atoms with Gasteiger partial charge in [0, 0.05) is 6.04 Å². The van der Waals surface area contributed by atoms with Crippen LogP contribution in [0.25, 0.3) is 0 Å². The third-order valence-corrected chi connectivity index (χ3v) is 1.44. The SMILES string of the molecule is C=CC(C)N/C=C\CC(C)C. The predicted octanol–water partition coefficient (Wildman–Crippen LogP) is 2.71. The van der Waals surface area contributed by atoms with Crippen LogP contribution in [0.15, 0.2) is 24.9 Å². The molecule has 64 valence electrons. The number of rotatable bonds is 5. The highest BCUT2D eigenvalue weighted by Crippen LogP contribution is 1.98. The van der Waals surface area contributed by atoms with Gasteiger partial charge in [-0.25, -0.2) is 0 Å². The zero-order valence-corrected chi connectivity index (χ0v) is 7.80. The van der Waals surface area contributed by atoms with Gasteiger partial charge in [0.25, 0.3) is 0 Å². The van der Waals surface area contributed by atoms with Gasteiger partial charge in [0.1, 0.15) is 0 Å². The van der Waals surface area contributed by atoms with Gasteiger partial charge in [-0.1, -0.05) is 26.0 Å². The molecule has 0 radical (unpaired) electrons. The van der Waals surface area contributed by atoms with E-state index in [-0.39, 0.29) is 0 Å². The molecule has 11 heavy (non-hydrogen) atoms. The number of hydrogen-bond acceptors (Lipinski definition) is 1. The topological polar surface area (TPSA) is 12.0 Å². The Morgan fingerprint density at radius 2 is 2.00 bits per heavy atom. The maximum Gasteiger partial charge on any atom is 0.0407 e. The van der Waals surface area contributed by atoms with E-state index in [4.69, 9.17) is 0 Å². The predicted molar refractivity (Wildman–Crippen MR) is 51.4 cm³/mol. The summed E-state index contributed by atoms with van der Waals surface area (Å²) in [4.78, 5) is 0. The number of allylic oxidation sites excluding steroid dienone is 1. The molecule has 0 aromatic rings. The van der Waals surface area contributed by atoms with Gasteiger partial charge in [0.05, 0.1) is 0 Å². The van der Waals surface area contributed by atoms with Gasteiger partial charge in [-0.15, -0.1) is 6.58 Å². The van der Waals surface area contributed by atoms with Crippen molar-refractivity contribution in [2.75, 3.05) is 0 Å². The molecule has 0 spiro atoms. The van der Waals surface area contributed by atoms with Crippen molar-refractivity contribution < 1.29 is 0 Å². The first-order valence-electron chi connectivity index (χ1n) is 4.20. The smallest absolute Gasteiger partial charge is 0.0407 e. The first-order chi connectivity index (χ1) is 5.16. The minimum atomic E-state index is 0.374. The molecule has 0 fully saturated rings. The number of hydrogen-bond donors (Lipinski definition) is 1. The molecule has 0 aromatic heterocycles. The average molecular weight is 153 g/mol. The highest BCUT2D eigenvalue weighted by Gasteiger charge is 1.88. The lowest BCUT2D eigenvalue weighted by molar-refractivity contribution is 0.658. The standard InChI is InChI=1S/C10H19N/c1-5-10(4)11-8-6-7-9(2)3/h5-6,8-11H,1,7H2,2-4H3/b8-6-. The van der Waals surface area contributed by atoms with Gasteiger partial charge in [-0.05, 0) is 25.5 Å². The average Bonchev–Trinajstić information content (AvgIpc) is 1.97. The van der Waals surface area contributed by atoms with Crippen LogP contribution < -0.4 is 5.32 Å². The van der Waals surface area contributed by atoms with E-state index < -0.39 is 0 Å². The molecule has 1 heteroatoms. The zero-order valence-electron chi connectivity index (χ0n) is 7.80. The zero-order chi connectivity index (χ0) is 8.69. The molecule has 0 heterocycles. The minimum absolute atomic E-state index is 0.374. The van der Waals surface area contributed by atoms with Crippen LogP contribution in [-0.4, -0.2) is 6.04 Å². The highest BCUT2D eigenvalue weighted by molar-refractivity contribution is 4.89. The number of nitrogens with one attached hydrogen (secondary N) is 1. The molecule has 0 amide bonds. The third-order valence-electron chi connectivity index (χ3n) is 1.44. The van der Waals surface area contributed by atoms with Crippen molar-refractivity contribution in [1.82, 2.24) is 5.32 Å². The van der Waals surface area contributed by atoms with Crippen LogP contribution in [0.3, 0.4) is 0 Å². The van der Waals surface area contributed by atoms with Crippen LogP contribution in [0, 0.1) is 5.92 Å². The summed E-state index contributed by atoms with van der Waals surface area (Å²) < 4.78 is 0. The van der Waals surface area contributed by atoms with Gasteiger partial charge < -0.3 is 5.32 Å². The van der Waals surface area contributed by atoms with E-state index in [1.165, 1.54) is 0 Å². The van der Waals surface area contributed by atoms with Crippen molar-refractivity contribution in [3.05, 3.63) is 24.9 Å². The minimum Gasteiger partial charge on any atom is -0.385 e. The Morgan fingerprint density at radius 3 is 2.45 bits per heavy atom. The molecule has 0 saturated heterocycles. The van der Waals surface area contributed by atoms with Crippen LogP contribution >= 0.6 is 0 Å². The Labute approximate surface area is 70.2 Å². The van der Waals surface area contributed by atoms with Crippen LogP contribution in [0.1, 0.15) is 27.2 Å². The summed E-state index contributed by atoms with van der Waals surface area (Å²) in [7, 11) is 0. The van der Waals surface area contributed by atoms with Crippen molar-refractivity contribution in [3.63, 3.8) is 0 Å². The summed E-state index contributed by atoms with van der Waals surface area (Å²) in [6.45, 7) is 10.2. The van der Waals surface area contributed by atoms with E-state index >= 15 is 0 Å². The van der Waals surface area contributed by atoms with Crippen LogP contribution in [0.2, 0.25) is 0 Å². The summed E-state index contributed by atoms with van der Waals surface area (Å²) in [5.41, 5.74) is 0. The Hall–Kier alpha value is -0.720. The molecule has 1 nitrogen and oxygen atoms in total. The van der Waals surface area contributed by atoms with Gasteiger partial charge in [-0.3, -0.25) is 0 Å². The quantitative estimate of drug-likeness (QED) is 0.599. The van der Waals surface area contributed by atoms with Crippen LogP contribution in [0.5, 0.6) is 0 Å². The lowest BCUT2D eigenvalue weighted by Crippen LogP contribution is -2.16. The van der Waals surface area contributed by atoms with E-state index in [2.05, 4.69) is 38.7 Å². The van der Waals surface area contributed by atoms with Crippen molar-refractivity contribution >= 4 is 0 Å². The van der Waals surface area contributed by atoms with E-state index in [1.807, 2.05) is 12.3 Å². The Morgan fingerprint density at radius 1 is 1.36 bits per heavy atom. The fourth-order valence-electron chi connectivity index (χ4n) is 0.628. The van der Waals surface area contributed by atoms with Crippen molar-refractivity contribution in [2.45, 2.75) is 33.2 Å². The maximum absolute atomic E-state index is 3.68. The first kappa shape index (κ1) is 10.3. The lowest BCUT2D eigenvalue weighted by Gasteiger charge is -2.04. The van der Waals surface area contributed by atoms with Crippen LogP contribution in [-0.2, 0) is 0 Å². The monoisotopic (exact) mass is 153 g/mol. The van der Waals surface area contributed by atoms with Crippen molar-refractivity contribution in [3.8, 4) is 0 Å². The summed E-state index contributed by atoms with van der Waals surface area (Å²) in [6.07, 6.45) is 7.19. The maximum atomic E-state index is 3.68. The second-order valence-electron chi connectivity index (χ2n) is 3.22. The highest BCUT2D eigenvalue weighted by atomic mass is 14.9. The van der Waals surface area contributed by atoms with Gasteiger partial charge in [0.2, 0.25) is 0 Å². The molecule has 0 aromatic carbocycles. The Kier molecular flexibility index (Phi) is 5.63. The summed E-state index contributed by atoms with van der Waals surface area (Å²) >= 11 is 0. The van der Waals surface area contributed by atoms with E-state index in [1.54, 1.807) is 0 Å². The van der Waals surface area contributed by atoms with E-state index in [9.17, 15) is 0 Å². The molecule has 0 rings (SSSR count). The second kappa shape index (κ2) is 6.02. The molecule has 1 N–H and O–H groups in total. The Balaban J connectivity index is 3.36. The van der Waals surface area contributed by atoms with Gasteiger partial charge in [0.15, 0.2) is 0 Å². The normalized spacial score (nSPS) is 13.8. The molecule has 0 saturated carbocycles. The molecular weight excluding hydrogens is 134 g/mol. The molecule has 0 bridgehead atoms. The molecule has 0 aliphatic heterocycles. The lowest BCUT2D eigenvalue weighted by atomic mass is 10.1. The first-order valence-corrected chi connectivity index (χ1v) is 4.20. The summed E-state index contributed by atoms with van der Waals surface area (Å²) in [5.74, 6) is 0.743. The fraction of sp³-hybridized carbons (Fsp3) is 0.600. The van der Waals surface area contributed by atoms with E-state index in [0.29, 0.717) is 6.04 Å². The molecule has 0 aliphatic carbocycles. The van der Waals surface area contributed by atoms with Crippen molar-refractivity contribution in [1.29, 1.82) is 0 Å². The molecular formula is C10H19N. The van der Waals surface area contributed by atoms with Crippen molar-refractivity contribution in [2.24, 2.45) is 5.92 Å². The Bertz CT molecular complexity index is 125. The van der Waals surface area contributed by atoms with Gasteiger partial charge >= 0.3 is 0 Å². The molecule has 1 atom stereocenters. The van der Waals surface area contributed by atoms with Crippen LogP contribution in [0.4, 0.5) is 0 Å². The third kappa shape index (κ3) is 7.17. The molecule has 1 unspecified atom stereocenters. The molecule has 0 aliphatic rings. The second-order valence-corrected chi connectivity index (χ2v) is 3.22. The summed E-state index contributed by atoms with van der Waals surface area (Å²) in [5, 5.41) is 3.19. The van der Waals surface area contributed by atoms with Gasteiger partial charge in [-0.2, -0.15) is 0 Å². The van der Waals surface area contributed by atoms with E-state index in [0.717, 1.165) is 12.3 Å². The summed E-state index contributed by atoms with van der Waals surface area (Å²) in [6, 6.07) is 0.374.